The van der Waals surface area contributed by atoms with Gasteiger partial charge in [0.1, 0.15) is 0 Å². The molecule has 154 valence electrons. The predicted molar refractivity (Wildman–Crippen MR) is 109 cm³/mol. The number of hydrogen-bond donors (Lipinski definition) is 2. The summed E-state index contributed by atoms with van der Waals surface area (Å²) in [5, 5.41) is 15.9. The van der Waals surface area contributed by atoms with E-state index in [9.17, 15) is 9.59 Å². The lowest BCUT2D eigenvalue weighted by atomic mass is 9.97. The van der Waals surface area contributed by atoms with Crippen LogP contribution in [0.2, 0.25) is 0 Å². The average molecular weight is 425 g/mol. The maximum absolute atomic E-state index is 12.6. The Morgan fingerprint density at radius 1 is 1.17 bits per heavy atom. The molecule has 0 aliphatic carbocycles. The summed E-state index contributed by atoms with van der Waals surface area (Å²) < 4.78 is 3.23. The summed E-state index contributed by atoms with van der Waals surface area (Å²) >= 11 is 1.80. The van der Waals surface area contributed by atoms with Gasteiger partial charge in [-0.25, -0.2) is 14.3 Å². The number of aromatic nitrogens is 8. The molecule has 2 saturated heterocycles. The van der Waals surface area contributed by atoms with Gasteiger partial charge >= 0.3 is 5.69 Å². The molecule has 2 unspecified atom stereocenters. The van der Waals surface area contributed by atoms with Crippen molar-refractivity contribution in [2.45, 2.75) is 50.4 Å². The molecule has 2 N–H and O–H groups in total. The Labute approximate surface area is 173 Å². The number of nitrogens with one attached hydrogen (secondary N) is 2. The summed E-state index contributed by atoms with van der Waals surface area (Å²) in [5.74, 6) is 0.0844. The van der Waals surface area contributed by atoms with Crippen LogP contribution in [0.4, 0.5) is 0 Å². The smallest absolute Gasteiger partial charge is 0.313 e. The minimum absolute atomic E-state index is 0.0844. The molecule has 6 heterocycles. The number of tetrazole rings is 1. The molecular weight excluding hydrogens is 406 g/mol. The highest BCUT2D eigenvalue weighted by atomic mass is 32.1. The second kappa shape index (κ2) is 6.71. The number of piperidine rings is 1. The SMILES string of the molecule is O=c1[nH]c(=O)n(-c2nn[nH]n2)c2c1ncn2C1CC2CCC(C1)N2Cc1cccs1. The third-order valence-corrected chi connectivity index (χ3v) is 7.18. The Morgan fingerprint density at radius 2 is 2.00 bits per heavy atom. The van der Waals surface area contributed by atoms with Gasteiger partial charge in [0.2, 0.25) is 0 Å². The van der Waals surface area contributed by atoms with Crippen molar-refractivity contribution in [2.24, 2.45) is 0 Å². The number of nitrogens with zero attached hydrogens (tertiary/aromatic N) is 7. The van der Waals surface area contributed by atoms with Gasteiger partial charge in [0, 0.05) is 29.5 Å². The fraction of sp³-hybridized carbons (Fsp3) is 0.444. The molecule has 2 aliphatic rings. The molecule has 2 fully saturated rings. The first kappa shape index (κ1) is 17.7. The summed E-state index contributed by atoms with van der Waals surface area (Å²) in [6.07, 6.45) is 5.88. The molecule has 0 radical (unpaired) electrons. The van der Waals surface area contributed by atoms with Crippen molar-refractivity contribution in [3.63, 3.8) is 0 Å². The van der Waals surface area contributed by atoms with Crippen molar-refractivity contribution in [3.05, 3.63) is 49.6 Å². The molecule has 0 aromatic carbocycles. The zero-order valence-electron chi connectivity index (χ0n) is 15.9. The molecule has 30 heavy (non-hydrogen) atoms. The van der Waals surface area contributed by atoms with E-state index in [1.807, 2.05) is 4.57 Å². The quantitative estimate of drug-likeness (QED) is 0.495. The Hall–Kier alpha value is -3.12. The Bertz CT molecular complexity index is 1290. The molecule has 4 aromatic rings. The molecular formula is C18H19N9O2S. The lowest BCUT2D eigenvalue weighted by Gasteiger charge is -2.39. The second-order valence-electron chi connectivity index (χ2n) is 7.89. The van der Waals surface area contributed by atoms with E-state index in [2.05, 4.69) is 53.0 Å². The molecule has 2 bridgehead atoms. The molecule has 0 saturated carbocycles. The van der Waals surface area contributed by atoms with E-state index in [1.165, 1.54) is 9.44 Å². The number of imidazole rings is 1. The number of hydrogen-bond acceptors (Lipinski definition) is 8. The molecule has 2 atom stereocenters. The standard InChI is InChI=1S/C18H19N9O2S/c28-15-14-16(27(18(29)20-15)17-21-23-24-22-17)26(9-19-14)12-6-10-3-4-11(7-12)25(10)8-13-2-1-5-30-13/h1-2,5,9-12H,3-4,6-8H2,(H,20,28,29)(H,21,22,23,24). The van der Waals surface area contributed by atoms with Crippen LogP contribution in [0.15, 0.2) is 33.4 Å². The van der Waals surface area contributed by atoms with Crippen LogP contribution < -0.4 is 11.2 Å². The average Bonchev–Trinajstić information content (AvgIpc) is 3.51. The summed E-state index contributed by atoms with van der Waals surface area (Å²) in [6, 6.07) is 5.38. The van der Waals surface area contributed by atoms with Crippen molar-refractivity contribution in [1.82, 2.24) is 44.6 Å². The lowest BCUT2D eigenvalue weighted by molar-refractivity contribution is 0.101. The van der Waals surface area contributed by atoms with Crippen molar-refractivity contribution >= 4 is 22.5 Å². The van der Waals surface area contributed by atoms with E-state index < -0.39 is 11.2 Å². The van der Waals surface area contributed by atoms with Crippen molar-refractivity contribution < 1.29 is 0 Å². The van der Waals surface area contributed by atoms with Crippen LogP contribution in [0.25, 0.3) is 17.1 Å². The van der Waals surface area contributed by atoms with Crippen LogP contribution in [0.5, 0.6) is 0 Å². The minimum Gasteiger partial charge on any atom is -0.313 e. The summed E-state index contributed by atoms with van der Waals surface area (Å²) in [5.41, 5.74) is -0.491. The third-order valence-electron chi connectivity index (χ3n) is 6.32. The number of rotatable bonds is 4. The third kappa shape index (κ3) is 2.67. The van der Waals surface area contributed by atoms with E-state index in [4.69, 9.17) is 0 Å². The summed E-state index contributed by atoms with van der Waals surface area (Å²) in [6.45, 7) is 0.984. The molecule has 0 spiro atoms. The number of fused-ring (bicyclic) bond motifs is 3. The van der Waals surface area contributed by atoms with Crippen LogP contribution in [0.1, 0.15) is 36.6 Å². The minimum atomic E-state index is -0.603. The van der Waals surface area contributed by atoms with E-state index in [-0.39, 0.29) is 17.5 Å². The van der Waals surface area contributed by atoms with Crippen molar-refractivity contribution in [1.29, 1.82) is 0 Å². The van der Waals surface area contributed by atoms with Gasteiger partial charge in [0.25, 0.3) is 11.5 Å². The highest BCUT2D eigenvalue weighted by Crippen LogP contribution is 2.42. The van der Waals surface area contributed by atoms with Crippen molar-refractivity contribution in [3.8, 4) is 5.95 Å². The first-order valence-electron chi connectivity index (χ1n) is 9.93. The Morgan fingerprint density at radius 3 is 2.70 bits per heavy atom. The first-order chi connectivity index (χ1) is 14.7. The van der Waals surface area contributed by atoms with Gasteiger partial charge in [-0.3, -0.25) is 14.7 Å². The van der Waals surface area contributed by atoms with E-state index in [0.29, 0.717) is 17.7 Å². The normalized spacial score (nSPS) is 24.1. The molecule has 11 nitrogen and oxygen atoms in total. The van der Waals surface area contributed by atoms with Gasteiger partial charge in [-0.2, -0.15) is 5.21 Å². The zero-order valence-corrected chi connectivity index (χ0v) is 16.7. The zero-order chi connectivity index (χ0) is 20.2. The van der Waals surface area contributed by atoms with Crippen LogP contribution in [0.3, 0.4) is 0 Å². The van der Waals surface area contributed by atoms with E-state index in [0.717, 1.165) is 32.2 Å². The van der Waals surface area contributed by atoms with Crippen molar-refractivity contribution in [2.75, 3.05) is 0 Å². The van der Waals surface area contributed by atoms with E-state index in [1.54, 1.807) is 17.7 Å². The molecule has 4 aromatic heterocycles. The van der Waals surface area contributed by atoms with Gasteiger partial charge in [-0.05, 0) is 42.3 Å². The Balaban J connectivity index is 1.40. The fourth-order valence-electron chi connectivity index (χ4n) is 5.06. The number of thiophene rings is 1. The fourth-order valence-corrected chi connectivity index (χ4v) is 5.77. The maximum atomic E-state index is 12.6. The molecule has 2 aliphatic heterocycles. The molecule has 0 amide bonds. The highest BCUT2D eigenvalue weighted by molar-refractivity contribution is 7.09. The number of H-pyrrole nitrogens is 2. The van der Waals surface area contributed by atoms with Gasteiger partial charge in [-0.1, -0.05) is 11.2 Å². The largest absolute Gasteiger partial charge is 0.337 e. The molecule has 12 heteroatoms. The number of aromatic amines is 2. The van der Waals surface area contributed by atoms with Gasteiger partial charge in [-0.15, -0.1) is 16.4 Å². The molecule has 6 rings (SSSR count). The predicted octanol–water partition coefficient (Wildman–Crippen LogP) is 0.818. The first-order valence-corrected chi connectivity index (χ1v) is 10.8. The van der Waals surface area contributed by atoms with E-state index >= 15 is 0 Å². The van der Waals surface area contributed by atoms with Gasteiger partial charge < -0.3 is 4.57 Å². The summed E-state index contributed by atoms with van der Waals surface area (Å²) in [7, 11) is 0. The van der Waals surface area contributed by atoms with Gasteiger partial charge in [0.05, 0.1) is 6.33 Å². The lowest BCUT2D eigenvalue weighted by Crippen LogP contribution is -2.43. The second-order valence-corrected chi connectivity index (χ2v) is 8.92. The monoisotopic (exact) mass is 425 g/mol. The van der Waals surface area contributed by atoms with Crippen LogP contribution in [-0.2, 0) is 6.54 Å². The van der Waals surface area contributed by atoms with Crippen LogP contribution in [0, 0.1) is 0 Å². The highest BCUT2D eigenvalue weighted by Gasteiger charge is 2.41. The Kier molecular flexibility index (Phi) is 3.96. The summed E-state index contributed by atoms with van der Waals surface area (Å²) in [4.78, 5) is 35.6. The van der Waals surface area contributed by atoms with Crippen LogP contribution in [-0.4, -0.2) is 56.7 Å². The van der Waals surface area contributed by atoms with Gasteiger partial charge in [0.15, 0.2) is 11.2 Å². The maximum Gasteiger partial charge on any atom is 0.337 e. The van der Waals surface area contributed by atoms with Crippen LogP contribution >= 0.6 is 11.3 Å². The topological polar surface area (TPSA) is 130 Å².